The number of piperidine rings is 1. The third kappa shape index (κ3) is 4.09. The fourth-order valence-corrected chi connectivity index (χ4v) is 5.86. The van der Waals surface area contributed by atoms with E-state index in [2.05, 4.69) is 10.3 Å². The molecule has 2 aliphatic rings. The number of hydrogen-bond donors (Lipinski definition) is 1. The lowest BCUT2D eigenvalue weighted by Crippen LogP contribution is -2.46. The first-order valence-electron chi connectivity index (χ1n) is 11.2. The minimum Gasteiger partial charge on any atom is -0.459 e. The van der Waals surface area contributed by atoms with E-state index in [-0.39, 0.29) is 29.8 Å². The highest BCUT2D eigenvalue weighted by Gasteiger charge is 2.26. The van der Waals surface area contributed by atoms with E-state index in [1.54, 1.807) is 39.3 Å². The Balaban J connectivity index is 1.16. The Morgan fingerprint density at radius 2 is 2.03 bits per heavy atom. The van der Waals surface area contributed by atoms with Gasteiger partial charge in [-0.05, 0) is 56.2 Å². The standard InChI is InChI=1S/C23H26N4O4S/c28-19(25-15-7-10-26(11-8-15)22(29)17-5-3-13-31-17)9-12-27-14-24-21-20(23(27)30)16-4-1-2-6-18(16)32-21/h3,5,13-15H,1-2,4,6-12H2,(H,25,28). The molecule has 0 radical (unpaired) electrons. The summed E-state index contributed by atoms with van der Waals surface area (Å²) in [6.45, 7) is 1.47. The van der Waals surface area contributed by atoms with Crippen molar-refractivity contribution in [2.24, 2.45) is 0 Å². The van der Waals surface area contributed by atoms with Crippen molar-refractivity contribution in [3.8, 4) is 0 Å². The molecule has 1 aliphatic carbocycles. The first-order chi connectivity index (χ1) is 15.6. The molecular formula is C23H26N4O4S. The topological polar surface area (TPSA) is 97.4 Å². The van der Waals surface area contributed by atoms with Crippen LogP contribution in [0.15, 0.2) is 33.9 Å². The van der Waals surface area contributed by atoms with E-state index in [0.29, 0.717) is 38.2 Å². The van der Waals surface area contributed by atoms with Gasteiger partial charge in [-0.2, -0.15) is 0 Å². The van der Waals surface area contributed by atoms with Gasteiger partial charge in [0.1, 0.15) is 4.83 Å². The van der Waals surface area contributed by atoms with E-state index in [1.807, 2.05) is 0 Å². The Morgan fingerprint density at radius 1 is 1.22 bits per heavy atom. The van der Waals surface area contributed by atoms with Crippen LogP contribution in [0.4, 0.5) is 0 Å². The third-order valence-corrected chi connectivity index (χ3v) is 7.60. The second kappa shape index (κ2) is 8.90. The summed E-state index contributed by atoms with van der Waals surface area (Å²) in [6, 6.07) is 3.40. The van der Waals surface area contributed by atoms with Gasteiger partial charge in [0, 0.05) is 37.0 Å². The van der Waals surface area contributed by atoms with Gasteiger partial charge in [0.15, 0.2) is 5.76 Å². The molecule has 1 N–H and O–H groups in total. The van der Waals surface area contributed by atoms with Crippen LogP contribution in [-0.4, -0.2) is 45.4 Å². The number of fused-ring (bicyclic) bond motifs is 3. The lowest BCUT2D eigenvalue weighted by Gasteiger charge is -2.31. The Kier molecular flexibility index (Phi) is 5.82. The van der Waals surface area contributed by atoms with E-state index in [9.17, 15) is 14.4 Å². The maximum absolute atomic E-state index is 13.0. The fourth-order valence-electron chi connectivity index (χ4n) is 4.65. The number of nitrogens with one attached hydrogen (secondary N) is 1. The molecular weight excluding hydrogens is 428 g/mol. The van der Waals surface area contributed by atoms with Crippen LogP contribution in [-0.2, 0) is 24.2 Å². The van der Waals surface area contributed by atoms with E-state index in [1.165, 1.54) is 23.1 Å². The fraction of sp³-hybridized carbons (Fsp3) is 0.478. The second-order valence-electron chi connectivity index (χ2n) is 8.50. The average Bonchev–Trinajstić information content (AvgIpc) is 3.47. The molecule has 9 heteroatoms. The lowest BCUT2D eigenvalue weighted by atomic mass is 9.97. The Morgan fingerprint density at radius 3 is 2.81 bits per heavy atom. The molecule has 0 atom stereocenters. The van der Waals surface area contributed by atoms with Crippen LogP contribution in [0.1, 0.15) is 53.1 Å². The zero-order valence-electron chi connectivity index (χ0n) is 17.8. The van der Waals surface area contributed by atoms with Crippen LogP contribution < -0.4 is 10.9 Å². The molecule has 5 rings (SSSR count). The van der Waals surface area contributed by atoms with Crippen molar-refractivity contribution in [3.63, 3.8) is 0 Å². The molecule has 3 aromatic heterocycles. The van der Waals surface area contributed by atoms with Gasteiger partial charge in [-0.3, -0.25) is 19.0 Å². The number of likely N-dealkylation sites (tertiary alicyclic amines) is 1. The molecule has 1 aliphatic heterocycles. The maximum atomic E-state index is 13.0. The Hall–Kier alpha value is -2.94. The van der Waals surface area contributed by atoms with Gasteiger partial charge in [-0.1, -0.05) is 0 Å². The number of nitrogens with zero attached hydrogens (tertiary/aromatic N) is 3. The maximum Gasteiger partial charge on any atom is 0.289 e. The average molecular weight is 455 g/mol. The summed E-state index contributed by atoms with van der Waals surface area (Å²) in [5, 5.41) is 3.80. The molecule has 1 saturated heterocycles. The molecule has 1 fully saturated rings. The highest BCUT2D eigenvalue weighted by atomic mass is 32.1. The van der Waals surface area contributed by atoms with E-state index < -0.39 is 0 Å². The molecule has 8 nitrogen and oxygen atoms in total. The largest absolute Gasteiger partial charge is 0.459 e. The van der Waals surface area contributed by atoms with Gasteiger partial charge >= 0.3 is 0 Å². The SMILES string of the molecule is O=C(CCn1cnc2sc3c(c2c1=O)CCCC3)NC1CCN(C(=O)c2ccco2)CC1. The summed E-state index contributed by atoms with van der Waals surface area (Å²) in [6.07, 6.45) is 8.95. The van der Waals surface area contributed by atoms with Crippen molar-refractivity contribution >= 4 is 33.4 Å². The van der Waals surface area contributed by atoms with Crippen molar-refractivity contribution in [3.05, 3.63) is 51.3 Å². The quantitative estimate of drug-likeness (QED) is 0.639. The molecule has 0 spiro atoms. The van der Waals surface area contributed by atoms with E-state index in [0.717, 1.165) is 29.5 Å². The van der Waals surface area contributed by atoms with Gasteiger partial charge in [0.25, 0.3) is 11.5 Å². The van der Waals surface area contributed by atoms with Crippen molar-refractivity contribution in [2.45, 2.75) is 57.5 Å². The zero-order chi connectivity index (χ0) is 22.1. The van der Waals surface area contributed by atoms with Crippen LogP contribution >= 0.6 is 11.3 Å². The van der Waals surface area contributed by atoms with Crippen LogP contribution in [0, 0.1) is 0 Å². The monoisotopic (exact) mass is 454 g/mol. The molecule has 3 aromatic rings. The molecule has 32 heavy (non-hydrogen) atoms. The summed E-state index contributed by atoms with van der Waals surface area (Å²) < 4.78 is 6.75. The van der Waals surface area contributed by atoms with Gasteiger partial charge in [0.05, 0.1) is 18.0 Å². The van der Waals surface area contributed by atoms with Crippen LogP contribution in [0.25, 0.3) is 10.2 Å². The molecule has 2 amide bonds. The van der Waals surface area contributed by atoms with E-state index in [4.69, 9.17) is 4.42 Å². The van der Waals surface area contributed by atoms with Crippen LogP contribution in [0.2, 0.25) is 0 Å². The third-order valence-electron chi connectivity index (χ3n) is 6.40. The number of carbonyl (C=O) groups is 2. The number of aryl methyl sites for hydroxylation is 3. The number of carbonyl (C=O) groups excluding carboxylic acids is 2. The van der Waals surface area contributed by atoms with Crippen molar-refractivity contribution in [1.82, 2.24) is 19.8 Å². The first kappa shape index (κ1) is 20.9. The summed E-state index contributed by atoms with van der Waals surface area (Å²) in [4.78, 5) is 46.2. The normalized spacial score (nSPS) is 16.8. The number of furan rings is 1. The molecule has 0 unspecified atom stereocenters. The summed E-state index contributed by atoms with van der Waals surface area (Å²) in [5.74, 6) is 0.146. The van der Waals surface area contributed by atoms with Crippen LogP contribution in [0.5, 0.6) is 0 Å². The number of hydrogen-bond acceptors (Lipinski definition) is 6. The predicted octanol–water partition coefficient (Wildman–Crippen LogP) is 2.74. The van der Waals surface area contributed by atoms with Gasteiger partial charge in [-0.15, -0.1) is 11.3 Å². The summed E-state index contributed by atoms with van der Waals surface area (Å²) in [7, 11) is 0. The molecule has 0 bridgehead atoms. The molecule has 4 heterocycles. The predicted molar refractivity (Wildman–Crippen MR) is 121 cm³/mol. The lowest BCUT2D eigenvalue weighted by molar-refractivity contribution is -0.122. The first-order valence-corrected chi connectivity index (χ1v) is 12.0. The highest BCUT2D eigenvalue weighted by molar-refractivity contribution is 7.18. The molecule has 0 aromatic carbocycles. The van der Waals surface area contributed by atoms with Gasteiger partial charge < -0.3 is 14.6 Å². The number of amides is 2. The van der Waals surface area contributed by atoms with E-state index >= 15 is 0 Å². The minimum atomic E-state index is -0.113. The second-order valence-corrected chi connectivity index (χ2v) is 9.58. The van der Waals surface area contributed by atoms with Gasteiger partial charge in [0.2, 0.25) is 5.91 Å². The summed E-state index contributed by atoms with van der Waals surface area (Å²) in [5.41, 5.74) is 1.13. The molecule has 168 valence electrons. The molecule has 0 saturated carbocycles. The highest BCUT2D eigenvalue weighted by Crippen LogP contribution is 2.33. The number of thiophene rings is 1. The van der Waals surface area contributed by atoms with Gasteiger partial charge in [-0.25, -0.2) is 4.98 Å². The summed E-state index contributed by atoms with van der Waals surface area (Å²) >= 11 is 1.63. The number of aromatic nitrogens is 2. The van der Waals surface area contributed by atoms with Crippen molar-refractivity contribution in [2.75, 3.05) is 13.1 Å². The van der Waals surface area contributed by atoms with Crippen molar-refractivity contribution < 1.29 is 14.0 Å². The van der Waals surface area contributed by atoms with Crippen LogP contribution in [0.3, 0.4) is 0 Å². The minimum absolute atomic E-state index is 0.0318. The Bertz CT molecular complexity index is 1190. The number of rotatable bonds is 5. The Labute approximate surface area is 189 Å². The van der Waals surface area contributed by atoms with Crippen molar-refractivity contribution in [1.29, 1.82) is 0 Å². The zero-order valence-corrected chi connectivity index (χ0v) is 18.7. The smallest absolute Gasteiger partial charge is 0.289 e.